The van der Waals surface area contributed by atoms with Gasteiger partial charge in [-0.3, -0.25) is 0 Å². The summed E-state index contributed by atoms with van der Waals surface area (Å²) < 4.78 is 8.34. The van der Waals surface area contributed by atoms with Gasteiger partial charge in [-0.25, -0.2) is 0 Å². The second-order valence-corrected chi connectivity index (χ2v) is 3.70. The van der Waals surface area contributed by atoms with Gasteiger partial charge in [0, 0.05) is 7.11 Å². The Bertz CT molecular complexity index is 156. The molecule has 0 N–H and O–H groups in total. The van der Waals surface area contributed by atoms with E-state index in [0.717, 1.165) is 3.69 Å². The molecule has 0 radical (unpaired) electrons. The Labute approximate surface area is 58.8 Å². The molecule has 1 aliphatic heterocycles. The van der Waals surface area contributed by atoms with Crippen LogP contribution >= 0.6 is 20.7 Å². The summed E-state index contributed by atoms with van der Waals surface area (Å²) in [6, 6.07) is 0. The van der Waals surface area contributed by atoms with Gasteiger partial charge in [0.25, 0.3) is 0 Å². The van der Waals surface area contributed by atoms with Crippen LogP contribution in [0.4, 0.5) is 0 Å². The van der Waals surface area contributed by atoms with Gasteiger partial charge >= 0.3 is 0 Å². The fourth-order valence-corrected chi connectivity index (χ4v) is 1.89. The fraction of sp³-hybridized carbons (Fsp3) is 0.167. The molecule has 0 aromatic rings. The fourth-order valence-electron chi connectivity index (χ4n) is 0.421. The Morgan fingerprint density at radius 3 is 2.75 bits per heavy atom. The van der Waals surface area contributed by atoms with Crippen molar-refractivity contribution >= 4 is 24.4 Å². The lowest BCUT2D eigenvalue weighted by Crippen LogP contribution is -1.91. The van der Waals surface area contributed by atoms with E-state index in [1.165, 1.54) is 0 Å². The summed E-state index contributed by atoms with van der Waals surface area (Å²) in [5, 5.41) is 0. The smallest absolute Gasteiger partial charge is 0.107 e. The highest BCUT2D eigenvalue weighted by molar-refractivity contribution is 14.2. The number of allylic oxidation sites excluding steroid dienone is 2. The van der Waals surface area contributed by atoms with Crippen molar-refractivity contribution in [2.45, 2.75) is 0 Å². The molecule has 1 nitrogen and oxygen atoms in total. The minimum Gasteiger partial charge on any atom is -0.343 e. The zero-order valence-electron chi connectivity index (χ0n) is 4.60. The van der Waals surface area contributed by atoms with Gasteiger partial charge in [0.15, 0.2) is 0 Å². The molecule has 1 heterocycles. The van der Waals surface area contributed by atoms with Crippen LogP contribution < -0.4 is 0 Å². The van der Waals surface area contributed by atoms with Crippen molar-refractivity contribution in [2.24, 2.45) is 0 Å². The van der Waals surface area contributed by atoms with Gasteiger partial charge in [-0.2, -0.15) is 0 Å². The van der Waals surface area contributed by atoms with Crippen molar-refractivity contribution in [1.82, 2.24) is 0 Å². The van der Waals surface area contributed by atoms with Gasteiger partial charge in [0.05, 0.1) is 0 Å². The van der Waals surface area contributed by atoms with Crippen LogP contribution in [0.15, 0.2) is 22.3 Å². The van der Waals surface area contributed by atoms with Crippen LogP contribution in [0, 0.1) is 0 Å². The topological polar surface area (TPSA) is 9.23 Å². The summed E-state index contributed by atoms with van der Waals surface area (Å²) in [4.78, 5) is 0. The van der Waals surface area contributed by atoms with Crippen LogP contribution in [-0.4, -0.2) is 10.8 Å². The van der Waals surface area contributed by atoms with Crippen molar-refractivity contribution < 1.29 is 4.74 Å². The standard InChI is InChI=1S/C6H7IO/c1-8-6-4-2-3-5-7-6/h2-5H,1H3. The molecule has 0 saturated carbocycles. The molecule has 0 aromatic carbocycles. The molecule has 0 atom stereocenters. The first kappa shape index (κ1) is 6.16. The molecular formula is C6H7IO. The number of hydrogen-bond donors (Lipinski definition) is 0. The van der Waals surface area contributed by atoms with E-state index in [-0.39, 0.29) is 20.7 Å². The van der Waals surface area contributed by atoms with Gasteiger partial charge in [-0.15, -0.1) is 0 Å². The van der Waals surface area contributed by atoms with E-state index in [4.69, 9.17) is 4.74 Å². The average molecular weight is 222 g/mol. The second-order valence-electron chi connectivity index (χ2n) is 1.29. The highest BCUT2D eigenvalue weighted by atomic mass is 127. The Hall–Kier alpha value is 0.0400. The predicted molar refractivity (Wildman–Crippen MR) is 44.3 cm³/mol. The molecule has 1 rings (SSSR count). The van der Waals surface area contributed by atoms with E-state index < -0.39 is 0 Å². The molecule has 0 aromatic heterocycles. The first-order valence-corrected chi connectivity index (χ1v) is 4.63. The zero-order chi connectivity index (χ0) is 5.82. The number of ether oxygens (including phenoxy) is 1. The van der Waals surface area contributed by atoms with E-state index in [2.05, 4.69) is 10.2 Å². The lowest BCUT2D eigenvalue weighted by atomic mass is 10.5. The second kappa shape index (κ2) is 3.14. The Balaban J connectivity index is 2.68. The van der Waals surface area contributed by atoms with Gasteiger partial charge in [-0.05, 0) is 10.2 Å². The minimum atomic E-state index is 0.0758. The Morgan fingerprint density at radius 1 is 1.50 bits per heavy atom. The quantitative estimate of drug-likeness (QED) is 0.615. The van der Waals surface area contributed by atoms with Crippen molar-refractivity contribution in [1.29, 1.82) is 0 Å². The highest BCUT2D eigenvalue weighted by Crippen LogP contribution is 2.08. The summed E-state index contributed by atoms with van der Waals surface area (Å²) in [5.74, 6) is 0. The first-order chi connectivity index (χ1) is 3.93. The monoisotopic (exact) mass is 222 g/mol. The SMILES string of the molecule is COC1=IC=CC=C1. The number of halogens is 1. The molecule has 0 spiro atoms. The van der Waals surface area contributed by atoms with Crippen molar-refractivity contribution in [3.8, 4) is 0 Å². The van der Waals surface area contributed by atoms with Gasteiger partial charge in [0.2, 0.25) is 0 Å². The van der Waals surface area contributed by atoms with E-state index in [1.54, 1.807) is 7.11 Å². The number of rotatable bonds is 1. The number of hydrogen-bond acceptors (Lipinski definition) is 1. The lowest BCUT2D eigenvalue weighted by molar-refractivity contribution is 0.419. The van der Waals surface area contributed by atoms with Crippen LogP contribution in [0.2, 0.25) is 0 Å². The molecule has 8 heavy (non-hydrogen) atoms. The number of methoxy groups -OCH3 is 1. The summed E-state index contributed by atoms with van der Waals surface area (Å²) in [5.41, 5.74) is 0. The van der Waals surface area contributed by atoms with E-state index in [0.29, 0.717) is 0 Å². The molecule has 0 aliphatic carbocycles. The molecule has 0 unspecified atom stereocenters. The normalized spacial score (nSPS) is 17.4. The Morgan fingerprint density at radius 2 is 2.38 bits per heavy atom. The largest absolute Gasteiger partial charge is 0.343 e. The molecule has 0 amide bonds. The first-order valence-electron chi connectivity index (χ1n) is 2.31. The van der Waals surface area contributed by atoms with Crippen molar-refractivity contribution in [3.63, 3.8) is 0 Å². The lowest BCUT2D eigenvalue weighted by Gasteiger charge is -1.95. The maximum Gasteiger partial charge on any atom is 0.107 e. The maximum atomic E-state index is 5.02. The van der Waals surface area contributed by atoms with Gasteiger partial charge < -0.3 is 4.74 Å². The summed E-state index contributed by atoms with van der Waals surface area (Å²) in [7, 11) is 1.72. The summed E-state index contributed by atoms with van der Waals surface area (Å²) >= 11 is 0.0758. The van der Waals surface area contributed by atoms with E-state index in [1.807, 2.05) is 12.2 Å². The zero-order valence-corrected chi connectivity index (χ0v) is 6.75. The third-order valence-corrected chi connectivity index (χ3v) is 2.97. The van der Waals surface area contributed by atoms with Crippen LogP contribution in [-0.2, 0) is 4.74 Å². The maximum absolute atomic E-state index is 5.02. The summed E-state index contributed by atoms with van der Waals surface area (Å²) in [6.45, 7) is 0. The molecule has 0 bridgehead atoms. The van der Waals surface area contributed by atoms with Crippen LogP contribution in [0.25, 0.3) is 0 Å². The van der Waals surface area contributed by atoms with E-state index in [9.17, 15) is 0 Å². The average Bonchev–Trinajstić information content (AvgIpc) is 1.90. The minimum absolute atomic E-state index is 0.0758. The summed E-state index contributed by atoms with van der Waals surface area (Å²) in [6.07, 6.45) is 6.09. The van der Waals surface area contributed by atoms with Crippen LogP contribution in [0.5, 0.6) is 0 Å². The third-order valence-electron chi connectivity index (χ3n) is 0.777. The van der Waals surface area contributed by atoms with E-state index >= 15 is 0 Å². The van der Waals surface area contributed by atoms with Crippen LogP contribution in [0.3, 0.4) is 0 Å². The third kappa shape index (κ3) is 1.52. The van der Waals surface area contributed by atoms with Crippen molar-refractivity contribution in [2.75, 3.05) is 7.11 Å². The molecular weight excluding hydrogens is 215 g/mol. The van der Waals surface area contributed by atoms with Gasteiger partial charge in [0.1, 0.15) is 3.69 Å². The van der Waals surface area contributed by atoms with Crippen LogP contribution in [0.1, 0.15) is 0 Å². The van der Waals surface area contributed by atoms with Crippen molar-refractivity contribution in [3.05, 3.63) is 22.3 Å². The predicted octanol–water partition coefficient (Wildman–Crippen LogP) is 1.82. The molecule has 1 aliphatic rings. The van der Waals surface area contributed by atoms with Gasteiger partial charge in [-0.1, -0.05) is 32.9 Å². The molecule has 44 valence electrons. The Kier molecular flexibility index (Phi) is 2.42. The molecule has 0 saturated heterocycles. The molecule has 2 heteroatoms. The highest BCUT2D eigenvalue weighted by Gasteiger charge is 1.87. The molecule has 0 fully saturated rings.